The number of likely N-dealkylation sites (tertiary alicyclic amines) is 1. The first kappa shape index (κ1) is 23.2. The summed E-state index contributed by atoms with van der Waals surface area (Å²) in [7, 11) is 5.62. The van der Waals surface area contributed by atoms with Gasteiger partial charge in [-0.2, -0.15) is 15.0 Å². The molecule has 9 heteroatoms. The van der Waals surface area contributed by atoms with E-state index in [1.54, 1.807) is 6.07 Å². The molecule has 1 fully saturated rings. The molecule has 0 amide bonds. The Balaban J connectivity index is 1.72. The van der Waals surface area contributed by atoms with Gasteiger partial charge in [-0.05, 0) is 70.8 Å². The molecule has 1 aliphatic heterocycles. The smallest absolute Gasteiger partial charge is 0.236 e. The first-order valence-electron chi connectivity index (χ1n) is 11.7. The quantitative estimate of drug-likeness (QED) is 0.659. The number of nitrogens with zero attached hydrogens (tertiary/aromatic N) is 6. The number of nitrogens with two attached hydrogens (primary N) is 1. The van der Waals surface area contributed by atoms with Crippen molar-refractivity contribution in [3.63, 3.8) is 0 Å². The summed E-state index contributed by atoms with van der Waals surface area (Å²) in [5.74, 6) is 0.947. The van der Waals surface area contributed by atoms with Gasteiger partial charge in [0, 0.05) is 30.9 Å². The summed E-state index contributed by atoms with van der Waals surface area (Å²) in [4.78, 5) is 20.2. The maximum Gasteiger partial charge on any atom is 0.236 e. The molecule has 0 saturated carbocycles. The molecule has 4 rings (SSSR count). The lowest BCUT2D eigenvalue weighted by molar-refractivity contribution is 0.252. The van der Waals surface area contributed by atoms with Crippen LogP contribution in [0.15, 0.2) is 30.4 Å². The summed E-state index contributed by atoms with van der Waals surface area (Å²) in [6.07, 6.45) is 10.3. The molecule has 1 atom stereocenters. The zero-order chi connectivity index (χ0) is 23.4. The van der Waals surface area contributed by atoms with Crippen LogP contribution in [-0.2, 0) is 0 Å². The molecular weight excluding hydrogens is 421 g/mol. The number of rotatable bonds is 6. The summed E-state index contributed by atoms with van der Waals surface area (Å²) in [6, 6.07) is 5.38. The highest BCUT2D eigenvalue weighted by Crippen LogP contribution is 2.34. The van der Waals surface area contributed by atoms with Gasteiger partial charge < -0.3 is 25.2 Å². The molecule has 1 aliphatic carbocycles. The van der Waals surface area contributed by atoms with Crippen LogP contribution < -0.4 is 20.3 Å². The lowest BCUT2D eigenvalue weighted by atomic mass is 10.0. The van der Waals surface area contributed by atoms with Gasteiger partial charge in [-0.25, -0.2) is 4.39 Å². The van der Waals surface area contributed by atoms with Crippen LogP contribution in [0.4, 0.5) is 27.9 Å². The normalized spacial score (nSPS) is 19.8. The van der Waals surface area contributed by atoms with Crippen molar-refractivity contribution in [2.75, 3.05) is 49.8 Å². The molecule has 178 valence electrons. The van der Waals surface area contributed by atoms with Crippen LogP contribution in [0.3, 0.4) is 0 Å². The van der Waals surface area contributed by atoms with Crippen LogP contribution in [0.5, 0.6) is 5.75 Å². The van der Waals surface area contributed by atoms with Gasteiger partial charge in [-0.1, -0.05) is 12.2 Å². The Labute approximate surface area is 195 Å². The molecular formula is C24H34FN7O. The van der Waals surface area contributed by atoms with Crippen molar-refractivity contribution in [3.8, 4) is 5.75 Å². The number of halogens is 1. The van der Waals surface area contributed by atoms with Crippen LogP contribution in [-0.4, -0.2) is 66.2 Å². The van der Waals surface area contributed by atoms with Crippen molar-refractivity contribution < 1.29 is 9.13 Å². The molecule has 2 aliphatic rings. The lowest BCUT2D eigenvalue weighted by Crippen LogP contribution is -2.43. The number of piperidine rings is 1. The van der Waals surface area contributed by atoms with Crippen LogP contribution >= 0.6 is 0 Å². The number of allylic oxidation sites excluding steroid dienone is 1. The third-order valence-electron chi connectivity index (χ3n) is 6.66. The summed E-state index contributed by atoms with van der Waals surface area (Å²) in [5, 5.41) is 0. The van der Waals surface area contributed by atoms with Crippen molar-refractivity contribution in [3.05, 3.63) is 36.2 Å². The molecule has 0 spiro atoms. The number of nitrogen functional groups attached to an aromatic ring is 1. The molecule has 8 nitrogen and oxygen atoms in total. The Kier molecular flexibility index (Phi) is 7.27. The molecule has 2 N–H and O–H groups in total. The Bertz CT molecular complexity index is 977. The molecule has 1 aromatic heterocycles. The number of benzene rings is 1. The predicted octanol–water partition coefficient (Wildman–Crippen LogP) is 3.77. The molecule has 2 heterocycles. The molecule has 2 aromatic rings. The van der Waals surface area contributed by atoms with Crippen molar-refractivity contribution >= 4 is 23.5 Å². The Morgan fingerprint density at radius 3 is 2.55 bits per heavy atom. The molecule has 1 aromatic carbocycles. The standard InChI is InChI=1S/C24H34FN7O/c1-30-14-12-17(13-15-30)31(2)23-27-22(26)28-24(29-23)32(18-8-6-4-5-7-9-18)19-10-11-21(33-3)20(25)16-19/h4,6,10-11,16-18H,5,7-9,12-15H2,1-3H3,(H2,26,27,28,29). The molecule has 0 bridgehead atoms. The van der Waals surface area contributed by atoms with Crippen molar-refractivity contribution in [2.24, 2.45) is 0 Å². The van der Waals surface area contributed by atoms with E-state index in [2.05, 4.69) is 39.0 Å². The minimum absolute atomic E-state index is 0.0832. The zero-order valence-corrected chi connectivity index (χ0v) is 19.7. The minimum Gasteiger partial charge on any atom is -0.494 e. The fourth-order valence-electron chi connectivity index (χ4n) is 4.67. The maximum atomic E-state index is 14.7. The maximum absolute atomic E-state index is 14.7. The second kappa shape index (κ2) is 10.3. The van der Waals surface area contributed by atoms with E-state index in [1.165, 1.54) is 13.2 Å². The van der Waals surface area contributed by atoms with Crippen LogP contribution in [0.1, 0.15) is 38.5 Å². The van der Waals surface area contributed by atoms with E-state index in [9.17, 15) is 4.39 Å². The second-order valence-corrected chi connectivity index (χ2v) is 8.92. The third-order valence-corrected chi connectivity index (χ3v) is 6.66. The van der Waals surface area contributed by atoms with E-state index in [0.717, 1.165) is 51.6 Å². The fourth-order valence-corrected chi connectivity index (χ4v) is 4.67. The van der Waals surface area contributed by atoms with Crippen molar-refractivity contribution in [1.29, 1.82) is 0 Å². The number of anilines is 4. The number of hydrogen-bond acceptors (Lipinski definition) is 8. The summed E-state index contributed by atoms with van der Waals surface area (Å²) < 4.78 is 19.8. The summed E-state index contributed by atoms with van der Waals surface area (Å²) in [6.45, 7) is 2.07. The first-order valence-corrected chi connectivity index (χ1v) is 11.7. The number of aromatic nitrogens is 3. The van der Waals surface area contributed by atoms with Crippen molar-refractivity contribution in [2.45, 2.75) is 50.6 Å². The van der Waals surface area contributed by atoms with Gasteiger partial charge in [0.1, 0.15) is 0 Å². The van der Waals surface area contributed by atoms with Gasteiger partial charge in [0.2, 0.25) is 17.8 Å². The Morgan fingerprint density at radius 1 is 1.06 bits per heavy atom. The second-order valence-electron chi connectivity index (χ2n) is 8.92. The summed E-state index contributed by atoms with van der Waals surface area (Å²) >= 11 is 0. The van der Waals surface area contributed by atoms with Crippen LogP contribution in [0.25, 0.3) is 0 Å². The van der Waals surface area contributed by atoms with E-state index in [0.29, 0.717) is 23.6 Å². The first-order chi connectivity index (χ1) is 16.0. The average Bonchev–Trinajstić information content (AvgIpc) is 3.08. The van der Waals surface area contributed by atoms with E-state index in [1.807, 2.05) is 18.0 Å². The average molecular weight is 456 g/mol. The predicted molar refractivity (Wildman–Crippen MR) is 130 cm³/mol. The number of hydrogen-bond donors (Lipinski definition) is 1. The highest BCUT2D eigenvalue weighted by molar-refractivity contribution is 5.61. The highest BCUT2D eigenvalue weighted by Gasteiger charge is 2.28. The van der Waals surface area contributed by atoms with E-state index < -0.39 is 5.82 Å². The molecule has 0 radical (unpaired) electrons. The van der Waals surface area contributed by atoms with Gasteiger partial charge in [-0.15, -0.1) is 0 Å². The largest absolute Gasteiger partial charge is 0.494 e. The van der Waals surface area contributed by atoms with Gasteiger partial charge in [0.25, 0.3) is 0 Å². The SMILES string of the molecule is COc1ccc(N(c2nc(N)nc(N(C)C3CCN(C)CC3)n2)C2CC=CCCC2)cc1F. The highest BCUT2D eigenvalue weighted by atomic mass is 19.1. The van der Waals surface area contributed by atoms with Gasteiger partial charge >= 0.3 is 0 Å². The van der Waals surface area contributed by atoms with Gasteiger partial charge in [0.05, 0.1) is 7.11 Å². The van der Waals surface area contributed by atoms with E-state index in [4.69, 9.17) is 15.5 Å². The number of ether oxygens (including phenoxy) is 1. The van der Waals surface area contributed by atoms with Gasteiger partial charge in [0.15, 0.2) is 11.6 Å². The zero-order valence-electron chi connectivity index (χ0n) is 19.7. The molecule has 1 saturated heterocycles. The Hall–Kier alpha value is -2.94. The van der Waals surface area contributed by atoms with E-state index in [-0.39, 0.29) is 17.7 Å². The minimum atomic E-state index is -0.421. The molecule has 33 heavy (non-hydrogen) atoms. The fraction of sp³-hybridized carbons (Fsp3) is 0.542. The third kappa shape index (κ3) is 5.35. The Morgan fingerprint density at radius 2 is 1.82 bits per heavy atom. The topological polar surface area (TPSA) is 83.6 Å². The lowest BCUT2D eigenvalue weighted by Gasteiger charge is -2.36. The molecule has 1 unspecified atom stereocenters. The van der Waals surface area contributed by atoms with E-state index >= 15 is 0 Å². The van der Waals surface area contributed by atoms with Crippen LogP contribution in [0.2, 0.25) is 0 Å². The summed E-state index contributed by atoms with van der Waals surface area (Å²) in [5.41, 5.74) is 6.84. The monoisotopic (exact) mass is 455 g/mol. The van der Waals surface area contributed by atoms with Crippen molar-refractivity contribution in [1.82, 2.24) is 19.9 Å². The van der Waals surface area contributed by atoms with Crippen LogP contribution in [0, 0.1) is 5.82 Å². The van der Waals surface area contributed by atoms with Gasteiger partial charge in [-0.3, -0.25) is 0 Å². The number of methoxy groups -OCH3 is 1.